The van der Waals surface area contributed by atoms with E-state index in [1.807, 2.05) is 53.0 Å². The Morgan fingerprint density at radius 1 is 0.720 bits per heavy atom. The fourth-order valence-electron chi connectivity index (χ4n) is 6.89. The molecule has 12 nitrogen and oxygen atoms in total. The van der Waals surface area contributed by atoms with Gasteiger partial charge in [0.2, 0.25) is 0 Å². The Labute approximate surface area is 288 Å². The van der Waals surface area contributed by atoms with E-state index in [4.69, 9.17) is 4.74 Å². The van der Waals surface area contributed by atoms with Gasteiger partial charge in [-0.1, -0.05) is 36.4 Å². The van der Waals surface area contributed by atoms with Gasteiger partial charge in [0.15, 0.2) is 0 Å². The van der Waals surface area contributed by atoms with Gasteiger partial charge < -0.3 is 19.1 Å². The third-order valence-corrected chi connectivity index (χ3v) is 9.40. The topological polar surface area (TPSA) is 125 Å². The Kier molecular flexibility index (Phi) is 8.85. The summed E-state index contributed by atoms with van der Waals surface area (Å²) in [5, 5.41) is 2.93. The highest BCUT2D eigenvalue weighted by molar-refractivity contribution is 6.27. The van der Waals surface area contributed by atoms with Crippen molar-refractivity contribution in [3.8, 4) is 5.69 Å². The van der Waals surface area contributed by atoms with Gasteiger partial charge >= 0.3 is 6.09 Å². The van der Waals surface area contributed by atoms with Crippen LogP contribution in [0.1, 0.15) is 54.8 Å². The molecule has 2 aliphatic heterocycles. The lowest BCUT2D eigenvalue weighted by molar-refractivity contribution is 0.0573. The van der Waals surface area contributed by atoms with E-state index >= 15 is 0 Å². The predicted octanol–water partition coefficient (Wildman–Crippen LogP) is 4.85. The summed E-state index contributed by atoms with van der Waals surface area (Å²) in [6.45, 7) is 3.55. The molecule has 254 valence electrons. The second-order valence-corrected chi connectivity index (χ2v) is 12.4. The lowest BCUT2D eigenvalue weighted by Crippen LogP contribution is -2.46. The van der Waals surface area contributed by atoms with E-state index in [1.165, 1.54) is 14.7 Å². The van der Waals surface area contributed by atoms with Crippen LogP contribution in [0.4, 0.5) is 4.79 Å². The van der Waals surface area contributed by atoms with Crippen molar-refractivity contribution in [1.29, 1.82) is 0 Å². The van der Waals surface area contributed by atoms with Crippen LogP contribution in [-0.2, 0) is 4.74 Å². The Morgan fingerprint density at radius 3 is 1.94 bits per heavy atom. The number of benzene rings is 4. The van der Waals surface area contributed by atoms with Crippen LogP contribution in [0.15, 0.2) is 85.5 Å². The van der Waals surface area contributed by atoms with E-state index in [-0.39, 0.29) is 49.9 Å². The fraction of sp³-hybridized carbons (Fsp3) is 0.263. The molecule has 12 heteroatoms. The summed E-state index contributed by atoms with van der Waals surface area (Å²) in [5.41, 5.74) is 2.74. The smallest absolute Gasteiger partial charge is 0.409 e. The molecule has 0 saturated carbocycles. The second-order valence-electron chi connectivity index (χ2n) is 12.4. The highest BCUT2D eigenvalue weighted by Crippen LogP contribution is 2.34. The van der Waals surface area contributed by atoms with Crippen LogP contribution in [0.25, 0.3) is 27.2 Å². The summed E-state index contributed by atoms with van der Waals surface area (Å²) in [5.74, 6) is -1.44. The zero-order valence-electron chi connectivity index (χ0n) is 27.9. The molecule has 0 unspecified atom stereocenters. The van der Waals surface area contributed by atoms with Gasteiger partial charge in [0.05, 0.1) is 18.6 Å². The molecule has 3 heterocycles. The molecular weight excluding hydrogens is 636 g/mol. The van der Waals surface area contributed by atoms with E-state index in [1.54, 1.807) is 55.8 Å². The van der Waals surface area contributed by atoms with Crippen LogP contribution in [0.2, 0.25) is 0 Å². The largest absolute Gasteiger partial charge is 0.450 e. The number of ether oxygens (including phenoxy) is 1. The van der Waals surface area contributed by atoms with Crippen molar-refractivity contribution >= 4 is 51.3 Å². The minimum absolute atomic E-state index is 0.0221. The first-order valence-corrected chi connectivity index (χ1v) is 16.7. The maximum absolute atomic E-state index is 13.6. The lowest BCUT2D eigenvalue weighted by Gasteiger charge is -2.30. The van der Waals surface area contributed by atoms with Gasteiger partial charge in [-0.15, -0.1) is 0 Å². The quantitative estimate of drug-likeness (QED) is 0.172. The number of nitrogens with zero attached hydrogens (tertiary/aromatic N) is 6. The molecule has 4 aromatic carbocycles. The minimum atomic E-state index is -0.525. The summed E-state index contributed by atoms with van der Waals surface area (Å²) in [7, 11) is 1.89. The van der Waals surface area contributed by atoms with Crippen LogP contribution in [-0.4, -0.2) is 112 Å². The molecule has 0 N–H and O–H groups in total. The molecule has 0 bridgehead atoms. The van der Waals surface area contributed by atoms with Gasteiger partial charge in [-0.3, -0.25) is 29.0 Å². The van der Waals surface area contributed by atoms with Gasteiger partial charge in [-0.2, -0.15) is 0 Å². The van der Waals surface area contributed by atoms with Crippen LogP contribution in [0.5, 0.6) is 0 Å². The Balaban J connectivity index is 0.967. The van der Waals surface area contributed by atoms with E-state index in [0.717, 1.165) is 16.5 Å². The van der Waals surface area contributed by atoms with Gasteiger partial charge in [-0.25, -0.2) is 9.78 Å². The molecule has 1 aromatic heterocycles. The van der Waals surface area contributed by atoms with Gasteiger partial charge in [-0.05, 0) is 62.7 Å². The molecule has 50 heavy (non-hydrogen) atoms. The zero-order chi connectivity index (χ0) is 34.9. The zero-order valence-corrected chi connectivity index (χ0v) is 27.9. The molecular formula is C38H36N6O6. The summed E-state index contributed by atoms with van der Waals surface area (Å²) < 4.78 is 7.14. The molecule has 0 fully saturated rings. The van der Waals surface area contributed by atoms with Crippen LogP contribution < -0.4 is 0 Å². The number of carbonyl (C=O) groups excluding carboxylic acids is 5. The van der Waals surface area contributed by atoms with Gasteiger partial charge in [0.1, 0.15) is 0 Å². The standard InChI is InChI=1S/C38H36N6O6/c1-3-50-38(49)41(21-23-44-34(45)27-11-4-8-25-9-5-12-28(32(25)27)35(44)46)18-7-17-40(2)20-22-43-36(47)29-13-6-10-26-31(42-19-16-39-24-42)15-14-30(33(26)29)37(43)48/h4-6,8-16,19,24H,3,7,17-18,20-23H2,1-2H3. The molecule has 0 radical (unpaired) electrons. The van der Waals surface area contributed by atoms with Crippen molar-refractivity contribution in [3.63, 3.8) is 0 Å². The number of hydrogen-bond acceptors (Lipinski definition) is 8. The fourth-order valence-corrected chi connectivity index (χ4v) is 6.89. The maximum Gasteiger partial charge on any atom is 0.409 e. The number of likely N-dealkylation sites (N-methyl/N-ethyl adjacent to an activating group) is 1. The summed E-state index contributed by atoms with van der Waals surface area (Å²) >= 11 is 0. The molecule has 0 saturated heterocycles. The third kappa shape index (κ3) is 5.77. The first kappa shape index (κ1) is 32.7. The van der Waals surface area contributed by atoms with E-state index in [2.05, 4.69) is 4.98 Å². The van der Waals surface area contributed by atoms with Crippen molar-refractivity contribution in [2.24, 2.45) is 0 Å². The van der Waals surface area contributed by atoms with E-state index in [9.17, 15) is 24.0 Å². The molecule has 5 aromatic rings. The Hall–Kier alpha value is -5.88. The van der Waals surface area contributed by atoms with Crippen LogP contribution >= 0.6 is 0 Å². The Bertz CT molecular complexity index is 2090. The van der Waals surface area contributed by atoms with E-state index < -0.39 is 6.09 Å². The number of imide groups is 2. The number of rotatable bonds is 12. The Morgan fingerprint density at radius 2 is 1.32 bits per heavy atom. The van der Waals surface area contributed by atoms with Gasteiger partial charge in [0, 0.05) is 83.5 Å². The molecule has 5 amide bonds. The highest BCUT2D eigenvalue weighted by atomic mass is 16.6. The number of imidazole rings is 1. The first-order chi connectivity index (χ1) is 24.3. The van der Waals surface area contributed by atoms with Crippen molar-refractivity contribution in [2.75, 3.05) is 52.9 Å². The number of aromatic nitrogens is 2. The molecule has 2 aliphatic rings. The minimum Gasteiger partial charge on any atom is -0.450 e. The molecule has 7 rings (SSSR count). The van der Waals surface area contributed by atoms with Crippen LogP contribution in [0, 0.1) is 0 Å². The highest BCUT2D eigenvalue weighted by Gasteiger charge is 2.35. The van der Waals surface area contributed by atoms with Crippen LogP contribution in [0.3, 0.4) is 0 Å². The normalized spacial score (nSPS) is 14.0. The third-order valence-electron chi connectivity index (χ3n) is 9.40. The average molecular weight is 673 g/mol. The number of amides is 5. The molecule has 0 atom stereocenters. The average Bonchev–Trinajstić information content (AvgIpc) is 3.67. The molecule has 0 spiro atoms. The SMILES string of the molecule is CCOC(=O)N(CCCN(C)CCN1C(=O)c2cccc3c(-n4ccnc4)ccc(c23)C1=O)CCN1C(=O)c2cccc3cccc(c23)C1=O. The van der Waals surface area contributed by atoms with Gasteiger partial charge in [0.25, 0.3) is 23.6 Å². The number of hydrogen-bond donors (Lipinski definition) is 0. The van der Waals surface area contributed by atoms with Crippen molar-refractivity contribution in [3.05, 3.63) is 108 Å². The van der Waals surface area contributed by atoms with E-state index in [0.29, 0.717) is 59.1 Å². The summed E-state index contributed by atoms with van der Waals surface area (Å²) in [6, 6.07) is 19.9. The van der Waals surface area contributed by atoms with Crippen molar-refractivity contribution in [2.45, 2.75) is 13.3 Å². The predicted molar refractivity (Wildman–Crippen MR) is 186 cm³/mol. The van der Waals surface area contributed by atoms with Crippen molar-refractivity contribution in [1.82, 2.24) is 29.2 Å². The monoisotopic (exact) mass is 672 g/mol. The molecule has 0 aliphatic carbocycles. The summed E-state index contributed by atoms with van der Waals surface area (Å²) in [4.78, 5) is 76.9. The van der Waals surface area contributed by atoms with Crippen molar-refractivity contribution < 1.29 is 28.7 Å². The second kappa shape index (κ2) is 13.6. The number of carbonyl (C=O) groups is 5. The lowest BCUT2D eigenvalue weighted by atomic mass is 9.93. The summed E-state index contributed by atoms with van der Waals surface area (Å²) in [6.07, 6.45) is 5.21. The first-order valence-electron chi connectivity index (χ1n) is 16.7. The maximum atomic E-state index is 13.6.